The van der Waals surface area contributed by atoms with E-state index in [0.717, 1.165) is 24.3 Å². The zero-order valence-electron chi connectivity index (χ0n) is 15.5. The van der Waals surface area contributed by atoms with Crippen LogP contribution in [0.15, 0.2) is 24.3 Å². The van der Waals surface area contributed by atoms with Crippen molar-refractivity contribution in [3.05, 3.63) is 24.3 Å². The molecule has 2 rings (SSSR count). The fourth-order valence-corrected chi connectivity index (χ4v) is 2.81. The van der Waals surface area contributed by atoms with E-state index in [0.29, 0.717) is 5.92 Å². The summed E-state index contributed by atoms with van der Waals surface area (Å²) in [6.07, 6.45) is 2.26. The van der Waals surface area contributed by atoms with Crippen LogP contribution in [-0.4, -0.2) is 37.6 Å². The number of ether oxygens (including phenoxy) is 1. The molecule has 0 spiro atoms. The standard InChI is InChI=1S/C19H29N3O3/c1-12(2)18(20)19(24)21-11-17(23)22(13(3)14-5-6-14)15-7-9-16(25-4)10-8-15/h7-10,12-14,18H,5-6,11,20H2,1-4H3,(H,21,24)/t13?,18-/m0/s1. The van der Waals surface area contributed by atoms with Crippen LogP contribution >= 0.6 is 0 Å². The number of amides is 2. The second-order valence-corrected chi connectivity index (χ2v) is 7.03. The number of methoxy groups -OCH3 is 1. The van der Waals surface area contributed by atoms with Gasteiger partial charge >= 0.3 is 0 Å². The molecule has 1 unspecified atom stereocenters. The summed E-state index contributed by atoms with van der Waals surface area (Å²) in [5.74, 6) is 0.857. The maximum Gasteiger partial charge on any atom is 0.246 e. The number of carbonyl (C=O) groups excluding carboxylic acids is 2. The summed E-state index contributed by atoms with van der Waals surface area (Å²) in [7, 11) is 1.61. The molecule has 0 heterocycles. The predicted molar refractivity (Wildman–Crippen MR) is 98.5 cm³/mol. The van der Waals surface area contributed by atoms with Crippen LogP contribution in [0, 0.1) is 11.8 Å². The molecular formula is C19H29N3O3. The molecule has 1 aliphatic rings. The number of hydrogen-bond acceptors (Lipinski definition) is 4. The maximum absolute atomic E-state index is 12.8. The van der Waals surface area contributed by atoms with Gasteiger partial charge in [0.1, 0.15) is 5.75 Å². The van der Waals surface area contributed by atoms with Crippen LogP contribution in [0.25, 0.3) is 0 Å². The van der Waals surface area contributed by atoms with Crippen molar-refractivity contribution in [1.82, 2.24) is 5.32 Å². The molecule has 2 amide bonds. The van der Waals surface area contributed by atoms with Gasteiger partial charge in [0.25, 0.3) is 0 Å². The van der Waals surface area contributed by atoms with Gasteiger partial charge in [-0.3, -0.25) is 9.59 Å². The average Bonchev–Trinajstić information content (AvgIpc) is 3.44. The predicted octanol–water partition coefficient (Wildman–Crippen LogP) is 1.93. The lowest BCUT2D eigenvalue weighted by Crippen LogP contribution is -2.50. The Morgan fingerprint density at radius 1 is 1.24 bits per heavy atom. The lowest BCUT2D eigenvalue weighted by molar-refractivity contribution is -0.126. The highest BCUT2D eigenvalue weighted by Gasteiger charge is 2.35. The van der Waals surface area contributed by atoms with Crippen LogP contribution in [0.1, 0.15) is 33.6 Å². The molecule has 2 atom stereocenters. The van der Waals surface area contributed by atoms with Gasteiger partial charge in [0.2, 0.25) is 11.8 Å². The van der Waals surface area contributed by atoms with Gasteiger partial charge in [-0.2, -0.15) is 0 Å². The fraction of sp³-hybridized carbons (Fsp3) is 0.579. The van der Waals surface area contributed by atoms with Gasteiger partial charge in [0.05, 0.1) is 19.7 Å². The Morgan fingerprint density at radius 3 is 2.32 bits per heavy atom. The first-order valence-electron chi connectivity index (χ1n) is 8.84. The fourth-order valence-electron chi connectivity index (χ4n) is 2.81. The minimum atomic E-state index is -0.608. The van der Waals surface area contributed by atoms with Crippen LogP contribution in [0.3, 0.4) is 0 Å². The zero-order valence-corrected chi connectivity index (χ0v) is 15.5. The van der Waals surface area contributed by atoms with E-state index in [9.17, 15) is 9.59 Å². The minimum Gasteiger partial charge on any atom is -0.497 e. The summed E-state index contributed by atoms with van der Waals surface area (Å²) in [4.78, 5) is 26.6. The van der Waals surface area contributed by atoms with Gasteiger partial charge in [-0.25, -0.2) is 0 Å². The van der Waals surface area contributed by atoms with Crippen molar-refractivity contribution < 1.29 is 14.3 Å². The Hall–Kier alpha value is -2.08. The van der Waals surface area contributed by atoms with Crippen molar-refractivity contribution in [2.75, 3.05) is 18.6 Å². The normalized spacial score (nSPS) is 16.2. The maximum atomic E-state index is 12.8. The van der Waals surface area contributed by atoms with Crippen molar-refractivity contribution >= 4 is 17.5 Å². The van der Waals surface area contributed by atoms with Crippen molar-refractivity contribution in [3.63, 3.8) is 0 Å². The molecule has 1 fully saturated rings. The monoisotopic (exact) mass is 347 g/mol. The Morgan fingerprint density at radius 2 is 1.84 bits per heavy atom. The first kappa shape index (κ1) is 19.2. The molecule has 1 saturated carbocycles. The van der Waals surface area contributed by atoms with Crippen LogP contribution in [-0.2, 0) is 9.59 Å². The zero-order chi connectivity index (χ0) is 18.6. The Bertz CT molecular complexity index is 596. The SMILES string of the molecule is COc1ccc(N(C(=O)CNC(=O)[C@@H](N)C(C)C)C(C)C2CC2)cc1. The third-order valence-corrected chi connectivity index (χ3v) is 4.77. The van der Waals surface area contributed by atoms with Gasteiger partial charge in [0, 0.05) is 11.7 Å². The second kappa shape index (κ2) is 8.34. The number of nitrogens with zero attached hydrogens (tertiary/aromatic N) is 1. The minimum absolute atomic E-state index is 0.0261. The number of carbonyl (C=O) groups is 2. The van der Waals surface area contributed by atoms with Crippen LogP contribution in [0.4, 0.5) is 5.69 Å². The smallest absolute Gasteiger partial charge is 0.246 e. The summed E-state index contributed by atoms with van der Waals surface area (Å²) in [5.41, 5.74) is 6.65. The van der Waals surface area contributed by atoms with E-state index in [1.165, 1.54) is 0 Å². The summed E-state index contributed by atoms with van der Waals surface area (Å²) < 4.78 is 5.18. The summed E-state index contributed by atoms with van der Waals surface area (Å²) >= 11 is 0. The molecule has 0 bridgehead atoms. The lowest BCUT2D eigenvalue weighted by atomic mass is 10.1. The van der Waals surface area contributed by atoms with Gasteiger partial charge in [-0.15, -0.1) is 0 Å². The lowest BCUT2D eigenvalue weighted by Gasteiger charge is -2.30. The second-order valence-electron chi connectivity index (χ2n) is 7.03. The summed E-state index contributed by atoms with van der Waals surface area (Å²) in [6.45, 7) is 5.76. The highest BCUT2D eigenvalue weighted by molar-refractivity contribution is 5.97. The number of nitrogens with one attached hydrogen (secondary N) is 1. The molecule has 6 heteroatoms. The van der Waals surface area contributed by atoms with Crippen molar-refractivity contribution in [2.45, 2.75) is 45.7 Å². The average molecular weight is 347 g/mol. The third kappa shape index (κ3) is 4.95. The van der Waals surface area contributed by atoms with Gasteiger partial charge < -0.3 is 20.7 Å². The van der Waals surface area contributed by atoms with E-state index in [2.05, 4.69) is 12.2 Å². The summed E-state index contributed by atoms with van der Waals surface area (Å²) in [5, 5.41) is 2.67. The van der Waals surface area contributed by atoms with Gasteiger partial charge in [-0.1, -0.05) is 13.8 Å². The third-order valence-electron chi connectivity index (χ3n) is 4.77. The van der Waals surface area contributed by atoms with Crippen molar-refractivity contribution in [1.29, 1.82) is 0 Å². The molecule has 0 aromatic heterocycles. The summed E-state index contributed by atoms with van der Waals surface area (Å²) in [6, 6.07) is 6.90. The van der Waals surface area contributed by atoms with Gasteiger partial charge in [-0.05, 0) is 55.9 Å². The molecule has 3 N–H and O–H groups in total. The van der Waals surface area contributed by atoms with Gasteiger partial charge in [0.15, 0.2) is 0 Å². The number of rotatable bonds is 8. The van der Waals surface area contributed by atoms with Crippen LogP contribution in [0.2, 0.25) is 0 Å². The molecule has 1 aliphatic carbocycles. The molecule has 0 saturated heterocycles. The number of nitrogens with two attached hydrogens (primary N) is 1. The number of benzene rings is 1. The molecule has 1 aromatic carbocycles. The number of anilines is 1. The van der Waals surface area contributed by atoms with Crippen molar-refractivity contribution in [2.24, 2.45) is 17.6 Å². The Balaban J connectivity index is 2.09. The molecule has 0 radical (unpaired) electrons. The Kier molecular flexibility index (Phi) is 6.42. The van der Waals surface area contributed by atoms with E-state index in [1.807, 2.05) is 38.1 Å². The van der Waals surface area contributed by atoms with Crippen molar-refractivity contribution in [3.8, 4) is 5.75 Å². The molecular weight excluding hydrogens is 318 g/mol. The molecule has 25 heavy (non-hydrogen) atoms. The Labute approximate surface area is 149 Å². The van der Waals surface area contributed by atoms with Crippen LogP contribution in [0.5, 0.6) is 5.75 Å². The number of hydrogen-bond donors (Lipinski definition) is 2. The van der Waals surface area contributed by atoms with E-state index >= 15 is 0 Å². The highest BCUT2D eigenvalue weighted by atomic mass is 16.5. The quantitative estimate of drug-likeness (QED) is 0.752. The highest BCUT2D eigenvalue weighted by Crippen LogP contribution is 2.37. The molecule has 138 valence electrons. The van der Waals surface area contributed by atoms with E-state index in [1.54, 1.807) is 12.0 Å². The topological polar surface area (TPSA) is 84.7 Å². The first-order valence-corrected chi connectivity index (χ1v) is 8.84. The first-order chi connectivity index (χ1) is 11.8. The molecule has 6 nitrogen and oxygen atoms in total. The van der Waals surface area contributed by atoms with E-state index < -0.39 is 6.04 Å². The van der Waals surface area contributed by atoms with E-state index in [4.69, 9.17) is 10.5 Å². The largest absolute Gasteiger partial charge is 0.497 e. The van der Waals surface area contributed by atoms with Crippen LogP contribution < -0.4 is 20.7 Å². The molecule has 1 aromatic rings. The molecule has 0 aliphatic heterocycles. The van der Waals surface area contributed by atoms with E-state index in [-0.39, 0.29) is 30.3 Å².